The molecule has 0 saturated carbocycles. The van der Waals surface area contributed by atoms with Crippen LogP contribution in [0.15, 0.2) is 57.9 Å². The molecule has 0 bridgehead atoms. The molecule has 0 aliphatic carbocycles. The van der Waals surface area contributed by atoms with Gasteiger partial charge in [-0.2, -0.15) is 4.31 Å². The molecule has 0 radical (unpaired) electrons. The van der Waals surface area contributed by atoms with Gasteiger partial charge in [0.25, 0.3) is 0 Å². The van der Waals surface area contributed by atoms with Crippen molar-refractivity contribution in [1.82, 2.24) is 4.31 Å². The lowest BCUT2D eigenvalue weighted by Gasteiger charge is -2.38. The minimum Gasteiger partial charge on any atom is -0.310 e. The summed E-state index contributed by atoms with van der Waals surface area (Å²) in [6.07, 6.45) is 0. The molecule has 1 amide bonds. The highest BCUT2D eigenvalue weighted by molar-refractivity contribution is 9.10. The van der Waals surface area contributed by atoms with Gasteiger partial charge in [0.05, 0.1) is 4.90 Å². The highest BCUT2D eigenvalue weighted by atomic mass is 79.9. The van der Waals surface area contributed by atoms with E-state index in [0.29, 0.717) is 5.69 Å². The highest BCUT2D eigenvalue weighted by Gasteiger charge is 2.39. The zero-order chi connectivity index (χ0) is 18.2. The molecule has 8 heteroatoms. The SMILES string of the molecule is C[C@H]1C(=O)N(c2cccc(Br)c2)CCN1S(=O)(=O)c1ccc(F)cc1. The summed E-state index contributed by atoms with van der Waals surface area (Å²) >= 11 is 3.37. The van der Waals surface area contributed by atoms with Crippen LogP contribution in [0.4, 0.5) is 10.1 Å². The lowest BCUT2D eigenvalue weighted by atomic mass is 10.2. The Balaban J connectivity index is 1.87. The molecule has 0 spiro atoms. The summed E-state index contributed by atoms with van der Waals surface area (Å²) < 4.78 is 40.6. The number of nitrogens with zero attached hydrogens (tertiary/aromatic N) is 2. The predicted octanol–water partition coefficient (Wildman–Crippen LogP) is 3.01. The molecule has 3 rings (SSSR count). The molecule has 2 aromatic carbocycles. The molecule has 132 valence electrons. The fourth-order valence-corrected chi connectivity index (χ4v) is 4.79. The number of hydrogen-bond donors (Lipinski definition) is 0. The molecule has 0 aromatic heterocycles. The summed E-state index contributed by atoms with van der Waals surface area (Å²) in [6, 6.07) is 11.1. The van der Waals surface area contributed by atoms with Gasteiger partial charge in [-0.3, -0.25) is 4.79 Å². The number of halogens is 2. The Morgan fingerprint density at radius 2 is 1.80 bits per heavy atom. The summed E-state index contributed by atoms with van der Waals surface area (Å²) in [4.78, 5) is 14.3. The van der Waals surface area contributed by atoms with Gasteiger partial charge < -0.3 is 4.90 Å². The number of anilines is 1. The number of amides is 1. The van der Waals surface area contributed by atoms with Gasteiger partial charge >= 0.3 is 0 Å². The van der Waals surface area contributed by atoms with Gasteiger partial charge in [0.1, 0.15) is 11.9 Å². The quantitative estimate of drug-likeness (QED) is 0.757. The van der Waals surface area contributed by atoms with E-state index >= 15 is 0 Å². The highest BCUT2D eigenvalue weighted by Crippen LogP contribution is 2.27. The van der Waals surface area contributed by atoms with E-state index in [1.54, 1.807) is 17.9 Å². The van der Waals surface area contributed by atoms with Crippen LogP contribution < -0.4 is 4.90 Å². The first-order valence-corrected chi connectivity index (χ1v) is 9.88. The molecule has 1 aliphatic heterocycles. The van der Waals surface area contributed by atoms with Crippen molar-refractivity contribution in [2.45, 2.75) is 17.9 Å². The first-order chi connectivity index (χ1) is 11.8. The first-order valence-electron chi connectivity index (χ1n) is 7.65. The van der Waals surface area contributed by atoms with Crippen molar-refractivity contribution in [3.8, 4) is 0 Å². The van der Waals surface area contributed by atoms with Crippen molar-refractivity contribution in [1.29, 1.82) is 0 Å². The van der Waals surface area contributed by atoms with Crippen LogP contribution in [0.2, 0.25) is 0 Å². The summed E-state index contributed by atoms with van der Waals surface area (Å²) in [5.41, 5.74) is 0.713. The molecule has 1 heterocycles. The van der Waals surface area contributed by atoms with E-state index in [1.807, 2.05) is 18.2 Å². The van der Waals surface area contributed by atoms with E-state index in [9.17, 15) is 17.6 Å². The number of benzene rings is 2. The number of carbonyl (C=O) groups excluding carboxylic acids is 1. The number of sulfonamides is 1. The van der Waals surface area contributed by atoms with Crippen LogP contribution in [-0.2, 0) is 14.8 Å². The molecule has 1 saturated heterocycles. The molecule has 2 aromatic rings. The third-order valence-corrected chi connectivity index (χ3v) is 6.62. The van der Waals surface area contributed by atoms with Crippen LogP contribution >= 0.6 is 15.9 Å². The summed E-state index contributed by atoms with van der Waals surface area (Å²) in [5.74, 6) is -0.808. The summed E-state index contributed by atoms with van der Waals surface area (Å²) in [5, 5.41) is 0. The van der Waals surface area contributed by atoms with Gasteiger partial charge in [-0.25, -0.2) is 12.8 Å². The van der Waals surface area contributed by atoms with Crippen molar-refractivity contribution >= 4 is 37.5 Å². The van der Waals surface area contributed by atoms with Crippen molar-refractivity contribution in [2.24, 2.45) is 0 Å². The topological polar surface area (TPSA) is 57.7 Å². The number of carbonyl (C=O) groups is 1. The second kappa shape index (κ2) is 6.86. The molecule has 0 N–H and O–H groups in total. The van der Waals surface area contributed by atoms with E-state index < -0.39 is 21.9 Å². The summed E-state index contributed by atoms with van der Waals surface area (Å²) in [7, 11) is -3.86. The fourth-order valence-electron chi connectivity index (χ4n) is 2.82. The average molecular weight is 427 g/mol. The van der Waals surface area contributed by atoms with Gasteiger partial charge in [-0.05, 0) is 49.4 Å². The molecule has 1 atom stereocenters. The normalized spacial score (nSPS) is 19.2. The van der Waals surface area contributed by atoms with Crippen LogP contribution in [0.25, 0.3) is 0 Å². The Hall–Kier alpha value is -1.77. The number of piperazine rings is 1. The molecule has 0 unspecified atom stereocenters. The van der Waals surface area contributed by atoms with Gasteiger partial charge in [-0.1, -0.05) is 22.0 Å². The van der Waals surface area contributed by atoms with E-state index in [4.69, 9.17) is 0 Å². The van der Waals surface area contributed by atoms with Crippen LogP contribution in [0.1, 0.15) is 6.92 Å². The van der Waals surface area contributed by atoms with Crippen LogP contribution in [0.5, 0.6) is 0 Å². The standard InChI is InChI=1S/C17H16BrFN2O3S/c1-12-17(22)20(15-4-2-3-13(18)11-15)9-10-21(12)25(23,24)16-7-5-14(19)6-8-16/h2-8,11-12H,9-10H2,1H3/t12-/m0/s1. The van der Waals surface area contributed by atoms with Gasteiger partial charge in [0.15, 0.2) is 0 Å². The molecule has 1 fully saturated rings. The van der Waals surface area contributed by atoms with E-state index in [0.717, 1.165) is 20.9 Å². The summed E-state index contributed by atoms with van der Waals surface area (Å²) in [6.45, 7) is 1.98. The second-order valence-corrected chi connectivity index (χ2v) is 8.52. The number of hydrogen-bond acceptors (Lipinski definition) is 3. The van der Waals surface area contributed by atoms with E-state index in [1.165, 1.54) is 12.1 Å². The number of rotatable bonds is 3. The lowest BCUT2D eigenvalue weighted by Crippen LogP contribution is -2.57. The Morgan fingerprint density at radius 1 is 1.12 bits per heavy atom. The molecular weight excluding hydrogens is 411 g/mol. The first kappa shape index (κ1) is 18.0. The maximum absolute atomic E-state index is 13.1. The second-order valence-electron chi connectivity index (χ2n) is 5.72. The van der Waals surface area contributed by atoms with Gasteiger partial charge in [-0.15, -0.1) is 0 Å². The van der Waals surface area contributed by atoms with Crippen molar-refractivity contribution in [3.05, 3.63) is 58.8 Å². The lowest BCUT2D eigenvalue weighted by molar-refractivity contribution is -0.123. The van der Waals surface area contributed by atoms with Crippen LogP contribution in [0.3, 0.4) is 0 Å². The fraction of sp³-hybridized carbons (Fsp3) is 0.235. The largest absolute Gasteiger partial charge is 0.310 e. The average Bonchev–Trinajstić information content (AvgIpc) is 2.57. The maximum atomic E-state index is 13.1. The molecule has 1 aliphatic rings. The smallest absolute Gasteiger partial charge is 0.245 e. The third-order valence-electron chi connectivity index (χ3n) is 4.14. The predicted molar refractivity (Wildman–Crippen MR) is 96.2 cm³/mol. The molecular formula is C17H16BrFN2O3S. The Labute approximate surface area is 154 Å². The minimum atomic E-state index is -3.86. The Kier molecular flexibility index (Phi) is 4.95. The zero-order valence-electron chi connectivity index (χ0n) is 13.4. The molecule has 25 heavy (non-hydrogen) atoms. The van der Waals surface area contributed by atoms with Crippen molar-refractivity contribution < 1.29 is 17.6 Å². The van der Waals surface area contributed by atoms with Gasteiger partial charge in [0, 0.05) is 23.2 Å². The van der Waals surface area contributed by atoms with Crippen LogP contribution in [0, 0.1) is 5.82 Å². The van der Waals surface area contributed by atoms with Crippen molar-refractivity contribution in [3.63, 3.8) is 0 Å². The van der Waals surface area contributed by atoms with Gasteiger partial charge in [0.2, 0.25) is 15.9 Å². The van der Waals surface area contributed by atoms with Crippen molar-refractivity contribution in [2.75, 3.05) is 18.0 Å². The van der Waals surface area contributed by atoms with E-state index in [2.05, 4.69) is 15.9 Å². The zero-order valence-corrected chi connectivity index (χ0v) is 15.8. The Bertz CT molecular complexity index is 902. The Morgan fingerprint density at radius 3 is 2.44 bits per heavy atom. The van der Waals surface area contributed by atoms with Crippen LogP contribution in [-0.4, -0.2) is 37.8 Å². The maximum Gasteiger partial charge on any atom is 0.245 e. The monoisotopic (exact) mass is 426 g/mol. The van der Waals surface area contributed by atoms with E-state index in [-0.39, 0.29) is 23.9 Å². The molecule has 5 nitrogen and oxygen atoms in total. The minimum absolute atomic E-state index is 0.0237. The third kappa shape index (κ3) is 3.47.